The Morgan fingerprint density at radius 3 is 2.21 bits per heavy atom. The Labute approximate surface area is 115 Å². The van der Waals surface area contributed by atoms with Crippen LogP contribution in [0.4, 0.5) is 4.79 Å². The van der Waals surface area contributed by atoms with Crippen molar-refractivity contribution in [2.75, 3.05) is 39.3 Å². The Bertz CT molecular complexity index is 314. The van der Waals surface area contributed by atoms with E-state index < -0.39 is 5.97 Å². The molecule has 1 rings (SSSR count). The topological polar surface area (TPSA) is 64.1 Å². The third-order valence-electron chi connectivity index (χ3n) is 3.76. The molecule has 1 N–H and O–H groups in total. The second-order valence-electron chi connectivity index (χ2n) is 4.98. The van der Waals surface area contributed by atoms with Crippen LogP contribution < -0.4 is 0 Å². The summed E-state index contributed by atoms with van der Waals surface area (Å²) in [4.78, 5) is 28.8. The summed E-state index contributed by atoms with van der Waals surface area (Å²) in [5, 5.41) is 8.94. The van der Waals surface area contributed by atoms with Crippen LogP contribution in [0.1, 0.15) is 27.2 Å². The van der Waals surface area contributed by atoms with E-state index in [9.17, 15) is 9.59 Å². The molecule has 110 valence electrons. The summed E-state index contributed by atoms with van der Waals surface area (Å²) in [5.74, 6) is -0.958. The summed E-state index contributed by atoms with van der Waals surface area (Å²) in [5.41, 5.74) is 0. The molecule has 19 heavy (non-hydrogen) atoms. The lowest BCUT2D eigenvalue weighted by atomic mass is 10.2. The fourth-order valence-electron chi connectivity index (χ4n) is 2.22. The molecule has 0 aromatic rings. The van der Waals surface area contributed by atoms with Crippen molar-refractivity contribution in [3.05, 3.63) is 0 Å². The third kappa shape index (κ3) is 4.38. The number of carbonyl (C=O) groups excluding carboxylic acids is 1. The van der Waals surface area contributed by atoms with Crippen molar-refractivity contribution in [1.29, 1.82) is 0 Å². The molecule has 0 aliphatic carbocycles. The van der Waals surface area contributed by atoms with E-state index in [4.69, 9.17) is 5.11 Å². The number of rotatable bonds is 5. The van der Waals surface area contributed by atoms with Gasteiger partial charge in [0.05, 0.1) is 0 Å². The van der Waals surface area contributed by atoms with E-state index in [2.05, 4.69) is 11.8 Å². The number of piperazine rings is 1. The summed E-state index contributed by atoms with van der Waals surface area (Å²) < 4.78 is 0. The fourth-order valence-corrected chi connectivity index (χ4v) is 2.22. The van der Waals surface area contributed by atoms with Crippen LogP contribution in [0.15, 0.2) is 0 Å². The largest absolute Gasteiger partial charge is 0.480 e. The molecule has 6 nitrogen and oxygen atoms in total. The molecule has 0 saturated carbocycles. The molecule has 0 bridgehead atoms. The van der Waals surface area contributed by atoms with Crippen molar-refractivity contribution in [2.45, 2.75) is 33.2 Å². The molecule has 1 fully saturated rings. The first-order valence-corrected chi connectivity index (χ1v) is 6.99. The van der Waals surface area contributed by atoms with Gasteiger partial charge in [-0.25, -0.2) is 4.79 Å². The molecule has 0 aromatic heterocycles. The molecule has 6 heteroatoms. The SMILES string of the molecule is CCC(C)N(CC(=O)O)C(=O)N1CCN(CC)CC1. The molecule has 1 aliphatic heterocycles. The monoisotopic (exact) mass is 271 g/mol. The van der Waals surface area contributed by atoms with Crippen molar-refractivity contribution < 1.29 is 14.7 Å². The molecular weight excluding hydrogens is 246 g/mol. The average Bonchev–Trinajstić information content (AvgIpc) is 2.43. The van der Waals surface area contributed by atoms with Gasteiger partial charge in [-0.1, -0.05) is 13.8 Å². The normalized spacial score (nSPS) is 18.2. The Morgan fingerprint density at radius 1 is 1.21 bits per heavy atom. The highest BCUT2D eigenvalue weighted by Gasteiger charge is 2.28. The lowest BCUT2D eigenvalue weighted by Crippen LogP contribution is -2.55. The van der Waals surface area contributed by atoms with Crippen molar-refractivity contribution >= 4 is 12.0 Å². The minimum atomic E-state index is -0.958. The maximum absolute atomic E-state index is 12.4. The number of hydrogen-bond acceptors (Lipinski definition) is 3. The van der Waals surface area contributed by atoms with Gasteiger partial charge in [0.15, 0.2) is 0 Å². The van der Waals surface area contributed by atoms with Gasteiger partial charge in [0.25, 0.3) is 0 Å². The van der Waals surface area contributed by atoms with Crippen LogP contribution in [0.3, 0.4) is 0 Å². The van der Waals surface area contributed by atoms with Crippen molar-refractivity contribution in [1.82, 2.24) is 14.7 Å². The van der Waals surface area contributed by atoms with Gasteiger partial charge in [-0.05, 0) is 19.9 Å². The van der Waals surface area contributed by atoms with Crippen LogP contribution in [0.25, 0.3) is 0 Å². The van der Waals surface area contributed by atoms with Crippen molar-refractivity contribution in [2.24, 2.45) is 0 Å². The molecule has 0 aromatic carbocycles. The number of aliphatic carboxylic acids is 1. The number of hydrogen-bond donors (Lipinski definition) is 1. The zero-order chi connectivity index (χ0) is 14.4. The van der Waals surface area contributed by atoms with Crippen molar-refractivity contribution in [3.8, 4) is 0 Å². The van der Waals surface area contributed by atoms with E-state index in [1.54, 1.807) is 4.90 Å². The van der Waals surface area contributed by atoms with Gasteiger partial charge in [-0.2, -0.15) is 0 Å². The lowest BCUT2D eigenvalue weighted by Gasteiger charge is -2.38. The standard InChI is InChI=1S/C13H25N3O3/c1-4-11(3)16(10-12(17)18)13(19)15-8-6-14(5-2)7-9-15/h11H,4-10H2,1-3H3,(H,17,18). The molecule has 1 saturated heterocycles. The number of likely N-dealkylation sites (N-methyl/N-ethyl adjacent to an activating group) is 1. The van der Waals surface area contributed by atoms with Crippen LogP contribution in [0, 0.1) is 0 Å². The van der Waals surface area contributed by atoms with E-state index in [0.29, 0.717) is 13.1 Å². The van der Waals surface area contributed by atoms with E-state index in [1.807, 2.05) is 13.8 Å². The zero-order valence-corrected chi connectivity index (χ0v) is 12.1. The second kappa shape index (κ2) is 7.33. The minimum absolute atomic E-state index is 0.0483. The molecule has 1 aliphatic rings. The van der Waals surface area contributed by atoms with Gasteiger partial charge < -0.3 is 19.8 Å². The second-order valence-corrected chi connectivity index (χ2v) is 4.98. The number of carboxylic acid groups (broad SMARTS) is 1. The van der Waals surface area contributed by atoms with E-state index >= 15 is 0 Å². The predicted molar refractivity (Wildman–Crippen MR) is 73.2 cm³/mol. The maximum Gasteiger partial charge on any atom is 0.323 e. The van der Waals surface area contributed by atoms with Gasteiger partial charge in [-0.3, -0.25) is 4.79 Å². The molecule has 0 spiro atoms. The Morgan fingerprint density at radius 2 is 1.79 bits per heavy atom. The van der Waals surface area contributed by atoms with Crippen LogP contribution >= 0.6 is 0 Å². The fraction of sp³-hybridized carbons (Fsp3) is 0.846. The van der Waals surface area contributed by atoms with E-state index in [0.717, 1.165) is 26.1 Å². The number of nitrogens with zero attached hydrogens (tertiary/aromatic N) is 3. The lowest BCUT2D eigenvalue weighted by molar-refractivity contribution is -0.138. The van der Waals surface area contributed by atoms with E-state index in [-0.39, 0.29) is 18.6 Å². The summed E-state index contributed by atoms with van der Waals surface area (Å²) >= 11 is 0. The van der Waals surface area contributed by atoms with E-state index in [1.165, 1.54) is 4.90 Å². The number of carboxylic acids is 1. The Kier molecular flexibility index (Phi) is 6.08. The number of amides is 2. The van der Waals surface area contributed by atoms with Gasteiger partial charge >= 0.3 is 12.0 Å². The molecular formula is C13H25N3O3. The quantitative estimate of drug-likeness (QED) is 0.808. The minimum Gasteiger partial charge on any atom is -0.480 e. The Balaban J connectivity index is 2.63. The Hall–Kier alpha value is -1.30. The summed E-state index contributed by atoms with van der Waals surface area (Å²) in [6, 6.07) is -0.194. The number of carbonyl (C=O) groups is 2. The van der Waals surface area contributed by atoms with Gasteiger partial charge in [0, 0.05) is 32.2 Å². The third-order valence-corrected chi connectivity index (χ3v) is 3.76. The van der Waals surface area contributed by atoms with Gasteiger partial charge in [-0.15, -0.1) is 0 Å². The highest BCUT2D eigenvalue weighted by molar-refractivity contribution is 5.80. The molecule has 1 heterocycles. The van der Waals surface area contributed by atoms with Crippen LogP contribution in [0.5, 0.6) is 0 Å². The average molecular weight is 271 g/mol. The molecule has 0 radical (unpaired) electrons. The van der Waals surface area contributed by atoms with Crippen LogP contribution in [-0.2, 0) is 4.79 Å². The molecule has 1 unspecified atom stereocenters. The van der Waals surface area contributed by atoms with Crippen LogP contribution in [0.2, 0.25) is 0 Å². The first-order valence-electron chi connectivity index (χ1n) is 6.99. The first-order chi connectivity index (χ1) is 8.99. The summed E-state index contributed by atoms with van der Waals surface area (Å²) in [6.45, 7) is 9.82. The number of urea groups is 1. The van der Waals surface area contributed by atoms with Gasteiger partial charge in [0.2, 0.25) is 0 Å². The van der Waals surface area contributed by atoms with Crippen molar-refractivity contribution in [3.63, 3.8) is 0 Å². The van der Waals surface area contributed by atoms with Crippen LogP contribution in [-0.4, -0.2) is 77.1 Å². The summed E-state index contributed by atoms with van der Waals surface area (Å²) in [6.07, 6.45) is 0.758. The maximum atomic E-state index is 12.4. The highest BCUT2D eigenvalue weighted by atomic mass is 16.4. The van der Waals surface area contributed by atoms with Gasteiger partial charge in [0.1, 0.15) is 6.54 Å². The molecule has 2 amide bonds. The predicted octanol–water partition coefficient (Wildman–Crippen LogP) is 0.929. The molecule has 1 atom stereocenters. The first kappa shape index (κ1) is 15.8. The highest BCUT2D eigenvalue weighted by Crippen LogP contribution is 2.10. The smallest absolute Gasteiger partial charge is 0.323 e. The zero-order valence-electron chi connectivity index (χ0n) is 12.1. The summed E-state index contributed by atoms with van der Waals surface area (Å²) in [7, 11) is 0.